The van der Waals surface area contributed by atoms with E-state index in [0.717, 1.165) is 27.5 Å². The number of thioether (sulfide) groups is 1. The summed E-state index contributed by atoms with van der Waals surface area (Å²) in [4.78, 5) is 12.3. The lowest BCUT2D eigenvalue weighted by Crippen LogP contribution is -2.24. The first-order chi connectivity index (χ1) is 15.4. The van der Waals surface area contributed by atoms with Gasteiger partial charge in [0.25, 0.3) is 0 Å². The molecule has 0 saturated carbocycles. The van der Waals surface area contributed by atoms with Crippen molar-refractivity contribution in [1.82, 2.24) is 20.1 Å². The fourth-order valence-electron chi connectivity index (χ4n) is 3.22. The number of carbonyl (C=O) groups excluding carboxylic acids is 1. The minimum Gasteiger partial charge on any atom is -0.483 e. The Hall–Kier alpha value is -2.77. The van der Waals surface area contributed by atoms with E-state index in [2.05, 4.69) is 22.1 Å². The summed E-state index contributed by atoms with van der Waals surface area (Å²) < 4.78 is 8.04. The second-order valence-corrected chi connectivity index (χ2v) is 8.74. The monoisotopic (exact) mass is 470 g/mol. The fourth-order valence-corrected chi connectivity index (χ4v) is 4.11. The maximum atomic E-state index is 12.3. The lowest BCUT2D eigenvalue weighted by atomic mass is 10.1. The van der Waals surface area contributed by atoms with Gasteiger partial charge in [0.05, 0.1) is 5.75 Å². The molecule has 8 heteroatoms. The molecule has 0 radical (unpaired) electrons. The van der Waals surface area contributed by atoms with E-state index in [1.807, 2.05) is 67.8 Å². The van der Waals surface area contributed by atoms with E-state index in [4.69, 9.17) is 16.3 Å². The Morgan fingerprint density at radius 2 is 1.94 bits per heavy atom. The number of rotatable bonds is 10. The summed E-state index contributed by atoms with van der Waals surface area (Å²) in [7, 11) is 0. The Labute approximate surface area is 198 Å². The molecule has 6 nitrogen and oxygen atoms in total. The van der Waals surface area contributed by atoms with Crippen molar-refractivity contribution >= 4 is 29.3 Å². The number of hydrogen-bond donors (Lipinski definition) is 1. The van der Waals surface area contributed by atoms with E-state index >= 15 is 0 Å². The van der Waals surface area contributed by atoms with Crippen LogP contribution in [-0.2, 0) is 17.9 Å². The van der Waals surface area contributed by atoms with E-state index in [-0.39, 0.29) is 17.8 Å². The second kappa shape index (κ2) is 11.2. The minimum absolute atomic E-state index is 0.0648. The molecule has 0 fully saturated rings. The Balaban J connectivity index is 1.65. The molecule has 1 aromatic heterocycles. The molecule has 1 atom stereocenters. The number of halogens is 1. The van der Waals surface area contributed by atoms with Gasteiger partial charge in [-0.3, -0.25) is 9.36 Å². The normalized spacial score (nSPS) is 11.8. The highest BCUT2D eigenvalue weighted by molar-refractivity contribution is 7.99. The van der Waals surface area contributed by atoms with E-state index in [0.29, 0.717) is 24.1 Å². The fraction of sp³-hybridized carbons (Fsp3) is 0.292. The predicted molar refractivity (Wildman–Crippen MR) is 129 cm³/mol. The molecule has 168 valence electrons. The van der Waals surface area contributed by atoms with Gasteiger partial charge in [0.1, 0.15) is 5.75 Å². The van der Waals surface area contributed by atoms with E-state index in [1.165, 1.54) is 11.8 Å². The van der Waals surface area contributed by atoms with Crippen LogP contribution < -0.4 is 10.1 Å². The first-order valence-electron chi connectivity index (χ1n) is 10.3. The van der Waals surface area contributed by atoms with Crippen molar-refractivity contribution in [2.75, 3.05) is 5.75 Å². The van der Waals surface area contributed by atoms with Crippen molar-refractivity contribution in [2.24, 2.45) is 0 Å². The number of amides is 1. The molecule has 0 aliphatic carbocycles. The summed E-state index contributed by atoms with van der Waals surface area (Å²) in [5, 5.41) is 12.9. The van der Waals surface area contributed by atoms with E-state index < -0.39 is 0 Å². The van der Waals surface area contributed by atoms with Gasteiger partial charge in [0.15, 0.2) is 17.1 Å². The molecule has 3 rings (SSSR count). The molecule has 3 aromatic rings. The summed E-state index contributed by atoms with van der Waals surface area (Å²) in [5.74, 6) is 1.57. The molecule has 2 aromatic carbocycles. The number of hydrogen-bond acceptors (Lipinski definition) is 5. The number of benzene rings is 2. The lowest BCUT2D eigenvalue weighted by molar-refractivity contribution is -0.118. The topological polar surface area (TPSA) is 69.0 Å². The van der Waals surface area contributed by atoms with Crippen LogP contribution in [0.4, 0.5) is 0 Å². The summed E-state index contributed by atoms with van der Waals surface area (Å²) >= 11 is 7.60. The van der Waals surface area contributed by atoms with Crippen LogP contribution in [0.3, 0.4) is 0 Å². The van der Waals surface area contributed by atoms with Gasteiger partial charge in [0.2, 0.25) is 5.91 Å². The van der Waals surface area contributed by atoms with Crippen molar-refractivity contribution in [2.45, 2.75) is 45.1 Å². The molecule has 0 saturated heterocycles. The summed E-state index contributed by atoms with van der Waals surface area (Å²) in [5.41, 5.74) is 2.97. The Bertz CT molecular complexity index is 1060. The molecule has 1 unspecified atom stereocenters. The third-order valence-electron chi connectivity index (χ3n) is 4.81. The van der Waals surface area contributed by atoms with Crippen LogP contribution >= 0.6 is 23.4 Å². The zero-order chi connectivity index (χ0) is 23.1. The minimum atomic E-state index is -0.344. The largest absolute Gasteiger partial charge is 0.483 e. The van der Waals surface area contributed by atoms with Crippen LogP contribution in [0.2, 0.25) is 5.02 Å². The quantitative estimate of drug-likeness (QED) is 0.322. The smallest absolute Gasteiger partial charge is 0.230 e. The zero-order valence-corrected chi connectivity index (χ0v) is 20.0. The van der Waals surface area contributed by atoms with Gasteiger partial charge >= 0.3 is 0 Å². The van der Waals surface area contributed by atoms with E-state index in [9.17, 15) is 4.79 Å². The summed E-state index contributed by atoms with van der Waals surface area (Å²) in [6.45, 7) is 10.7. The van der Waals surface area contributed by atoms with Gasteiger partial charge in [-0.25, -0.2) is 0 Å². The lowest BCUT2D eigenvalue weighted by Gasteiger charge is -2.17. The van der Waals surface area contributed by atoms with Gasteiger partial charge in [0, 0.05) is 18.1 Å². The average molecular weight is 471 g/mol. The highest BCUT2D eigenvalue weighted by Gasteiger charge is 2.20. The Kier molecular flexibility index (Phi) is 8.36. The van der Waals surface area contributed by atoms with E-state index in [1.54, 1.807) is 6.08 Å². The molecule has 32 heavy (non-hydrogen) atoms. The number of nitrogens with zero attached hydrogens (tertiary/aromatic N) is 3. The standard InChI is InChI=1S/C24H27ClN4O2S/c1-5-11-29-23(18(4)31-20-12-16(2)22(25)17(3)13-20)27-28-24(29)32-15-21(30)26-14-19-9-7-6-8-10-19/h5-10,12-13,18H,1,11,14-15H2,2-4H3,(H,26,30). The molecule has 1 heterocycles. The van der Waals surface area contributed by atoms with Crippen LogP contribution in [0.1, 0.15) is 35.5 Å². The number of aryl methyl sites for hydroxylation is 2. The molecule has 0 aliphatic rings. The second-order valence-electron chi connectivity index (χ2n) is 7.42. The molecule has 0 aliphatic heterocycles. The molecule has 0 spiro atoms. The van der Waals surface area contributed by atoms with Crippen molar-refractivity contribution < 1.29 is 9.53 Å². The number of carbonyl (C=O) groups is 1. The predicted octanol–water partition coefficient (Wildman–Crippen LogP) is 5.28. The van der Waals surface area contributed by atoms with Crippen molar-refractivity contribution in [3.63, 3.8) is 0 Å². The molecule has 1 N–H and O–H groups in total. The van der Waals surface area contributed by atoms with Gasteiger partial charge in [-0.2, -0.15) is 0 Å². The van der Waals surface area contributed by atoms with Gasteiger partial charge in [-0.05, 0) is 49.6 Å². The SMILES string of the molecule is C=CCn1c(SCC(=O)NCc2ccccc2)nnc1C(C)Oc1cc(C)c(Cl)c(C)c1. The van der Waals surface area contributed by atoms with Gasteiger partial charge < -0.3 is 10.1 Å². The van der Waals surface area contributed by atoms with Gasteiger partial charge in [-0.1, -0.05) is 59.8 Å². The van der Waals surface area contributed by atoms with Crippen molar-refractivity contribution in [3.05, 3.63) is 82.7 Å². The van der Waals surface area contributed by atoms with Crippen LogP contribution in [-0.4, -0.2) is 26.4 Å². The molecular weight excluding hydrogens is 444 g/mol. The molecular formula is C24H27ClN4O2S. The first kappa shape index (κ1) is 23.9. The maximum Gasteiger partial charge on any atom is 0.230 e. The van der Waals surface area contributed by atoms with Crippen LogP contribution in [0.15, 0.2) is 60.3 Å². The van der Waals surface area contributed by atoms with Crippen LogP contribution in [0.5, 0.6) is 5.75 Å². The number of ether oxygens (including phenoxy) is 1. The molecule has 0 bridgehead atoms. The Morgan fingerprint density at radius 3 is 2.59 bits per heavy atom. The summed E-state index contributed by atoms with van der Waals surface area (Å²) in [6, 6.07) is 13.6. The number of aromatic nitrogens is 3. The highest BCUT2D eigenvalue weighted by atomic mass is 35.5. The van der Waals surface area contributed by atoms with Gasteiger partial charge in [-0.15, -0.1) is 16.8 Å². The maximum absolute atomic E-state index is 12.3. The van der Waals surface area contributed by atoms with Crippen molar-refractivity contribution in [1.29, 1.82) is 0 Å². The Morgan fingerprint density at radius 1 is 1.25 bits per heavy atom. The third kappa shape index (κ3) is 6.14. The number of allylic oxidation sites excluding steroid dienone is 1. The van der Waals surface area contributed by atoms with Crippen molar-refractivity contribution in [3.8, 4) is 5.75 Å². The third-order valence-corrected chi connectivity index (χ3v) is 6.37. The summed E-state index contributed by atoms with van der Waals surface area (Å²) in [6.07, 6.45) is 1.43. The first-order valence-corrected chi connectivity index (χ1v) is 11.7. The molecule has 1 amide bonds. The number of nitrogens with one attached hydrogen (secondary N) is 1. The average Bonchev–Trinajstić information content (AvgIpc) is 3.18. The van der Waals surface area contributed by atoms with Crippen LogP contribution in [0.25, 0.3) is 0 Å². The highest BCUT2D eigenvalue weighted by Crippen LogP contribution is 2.29. The zero-order valence-electron chi connectivity index (χ0n) is 18.5. The van der Waals surface area contributed by atoms with Crippen LogP contribution in [0, 0.1) is 13.8 Å².